The van der Waals surface area contributed by atoms with Crippen LogP contribution in [-0.2, 0) is 6.54 Å². The number of likely N-dealkylation sites (N-methyl/N-ethyl adjacent to an activating group) is 1. The first-order chi connectivity index (χ1) is 8.91. The standard InChI is InChI=1S/C13H23ClN4O/c1-10(2)5-6-15-11-9-16-18(8-7-17(3)4)13(19)12(11)14/h9-10,15H,5-8H2,1-4H3. The van der Waals surface area contributed by atoms with Gasteiger partial charge in [0, 0.05) is 13.1 Å². The van der Waals surface area contributed by atoms with Crippen LogP contribution in [0.5, 0.6) is 0 Å². The van der Waals surface area contributed by atoms with Gasteiger partial charge in [-0.15, -0.1) is 0 Å². The lowest BCUT2D eigenvalue weighted by molar-refractivity contribution is 0.367. The minimum Gasteiger partial charge on any atom is -0.382 e. The highest BCUT2D eigenvalue weighted by molar-refractivity contribution is 6.32. The van der Waals surface area contributed by atoms with E-state index in [-0.39, 0.29) is 10.6 Å². The maximum absolute atomic E-state index is 12.0. The number of nitrogens with zero attached hydrogens (tertiary/aromatic N) is 3. The minimum atomic E-state index is -0.238. The van der Waals surface area contributed by atoms with Crippen molar-refractivity contribution >= 4 is 17.3 Å². The van der Waals surface area contributed by atoms with Gasteiger partial charge < -0.3 is 10.2 Å². The van der Waals surface area contributed by atoms with Crippen LogP contribution in [0.2, 0.25) is 5.02 Å². The molecular weight excluding hydrogens is 264 g/mol. The van der Waals surface area contributed by atoms with E-state index in [0.717, 1.165) is 19.5 Å². The zero-order valence-corrected chi connectivity index (χ0v) is 12.9. The van der Waals surface area contributed by atoms with Crippen molar-refractivity contribution in [3.63, 3.8) is 0 Å². The highest BCUT2D eigenvalue weighted by atomic mass is 35.5. The molecule has 1 aromatic rings. The zero-order chi connectivity index (χ0) is 14.4. The van der Waals surface area contributed by atoms with Gasteiger partial charge in [0.2, 0.25) is 0 Å². The summed E-state index contributed by atoms with van der Waals surface area (Å²) in [5, 5.41) is 7.52. The van der Waals surface area contributed by atoms with Crippen molar-refractivity contribution < 1.29 is 0 Å². The Balaban J connectivity index is 2.71. The number of nitrogens with one attached hydrogen (secondary N) is 1. The summed E-state index contributed by atoms with van der Waals surface area (Å²) in [4.78, 5) is 14.0. The van der Waals surface area contributed by atoms with Gasteiger partial charge in [0.15, 0.2) is 0 Å². The van der Waals surface area contributed by atoms with Gasteiger partial charge in [-0.05, 0) is 26.4 Å². The average Bonchev–Trinajstić information content (AvgIpc) is 2.33. The number of rotatable bonds is 7. The van der Waals surface area contributed by atoms with Crippen molar-refractivity contribution in [3.05, 3.63) is 21.6 Å². The lowest BCUT2D eigenvalue weighted by Crippen LogP contribution is -2.29. The summed E-state index contributed by atoms with van der Waals surface area (Å²) >= 11 is 6.08. The third-order valence-electron chi connectivity index (χ3n) is 2.78. The molecule has 6 heteroatoms. The second-order valence-corrected chi connectivity index (χ2v) is 5.69. The molecule has 5 nitrogen and oxygen atoms in total. The first kappa shape index (κ1) is 16.0. The number of halogens is 1. The monoisotopic (exact) mass is 286 g/mol. The van der Waals surface area contributed by atoms with Crippen LogP contribution in [0.25, 0.3) is 0 Å². The van der Waals surface area contributed by atoms with Crippen LogP contribution in [0.3, 0.4) is 0 Å². The van der Waals surface area contributed by atoms with Crippen molar-refractivity contribution in [1.82, 2.24) is 14.7 Å². The SMILES string of the molecule is CC(C)CCNc1cnn(CCN(C)C)c(=O)c1Cl. The van der Waals surface area contributed by atoms with Crippen molar-refractivity contribution in [3.8, 4) is 0 Å². The molecule has 0 aromatic carbocycles. The molecule has 1 rings (SSSR count). The Kier molecular flexibility index (Phi) is 6.31. The third kappa shape index (κ3) is 5.20. The number of aromatic nitrogens is 2. The van der Waals surface area contributed by atoms with Crippen LogP contribution in [0.4, 0.5) is 5.69 Å². The number of hydrogen-bond acceptors (Lipinski definition) is 4. The van der Waals surface area contributed by atoms with Crippen molar-refractivity contribution in [1.29, 1.82) is 0 Å². The van der Waals surface area contributed by atoms with Gasteiger partial charge in [0.05, 0.1) is 18.4 Å². The zero-order valence-electron chi connectivity index (χ0n) is 12.1. The summed E-state index contributed by atoms with van der Waals surface area (Å²) in [7, 11) is 3.91. The van der Waals surface area contributed by atoms with Crippen LogP contribution >= 0.6 is 11.6 Å². The molecular formula is C13H23ClN4O. The van der Waals surface area contributed by atoms with Gasteiger partial charge in [-0.25, -0.2) is 4.68 Å². The molecule has 1 N–H and O–H groups in total. The largest absolute Gasteiger partial charge is 0.382 e. The van der Waals surface area contributed by atoms with Gasteiger partial charge in [0.1, 0.15) is 5.02 Å². The van der Waals surface area contributed by atoms with Gasteiger partial charge in [-0.3, -0.25) is 4.79 Å². The van der Waals surface area contributed by atoms with Crippen molar-refractivity contribution in [2.75, 3.05) is 32.5 Å². The Morgan fingerprint density at radius 3 is 2.74 bits per heavy atom. The van der Waals surface area contributed by atoms with E-state index >= 15 is 0 Å². The Hall–Kier alpha value is -1.07. The molecule has 0 saturated carbocycles. The van der Waals surface area contributed by atoms with E-state index in [1.807, 2.05) is 19.0 Å². The smallest absolute Gasteiger partial charge is 0.287 e. The molecule has 0 unspecified atom stereocenters. The van der Waals surface area contributed by atoms with E-state index < -0.39 is 0 Å². The molecule has 0 aliphatic carbocycles. The van der Waals surface area contributed by atoms with Crippen molar-refractivity contribution in [2.45, 2.75) is 26.8 Å². The van der Waals surface area contributed by atoms with E-state index in [4.69, 9.17) is 11.6 Å². The van der Waals surface area contributed by atoms with Gasteiger partial charge in [-0.2, -0.15) is 5.10 Å². The number of anilines is 1. The molecule has 0 aliphatic rings. The fourth-order valence-electron chi connectivity index (χ4n) is 1.54. The number of hydrogen-bond donors (Lipinski definition) is 1. The summed E-state index contributed by atoms with van der Waals surface area (Å²) in [6.07, 6.45) is 2.65. The normalized spacial score (nSPS) is 11.3. The quantitative estimate of drug-likeness (QED) is 0.832. The Bertz CT molecular complexity index is 456. The summed E-state index contributed by atoms with van der Waals surface area (Å²) in [6.45, 7) is 6.39. The second-order valence-electron chi connectivity index (χ2n) is 5.31. The third-order valence-corrected chi connectivity index (χ3v) is 3.15. The predicted octanol–water partition coefficient (Wildman–Crippen LogP) is 1.92. The summed E-state index contributed by atoms with van der Waals surface area (Å²) in [6, 6.07) is 0. The van der Waals surface area contributed by atoms with Crippen LogP contribution in [0.1, 0.15) is 20.3 Å². The lowest BCUT2D eigenvalue weighted by Gasteiger charge is -2.13. The van der Waals surface area contributed by atoms with Crippen LogP contribution in [0, 0.1) is 5.92 Å². The highest BCUT2D eigenvalue weighted by Crippen LogP contribution is 2.15. The first-order valence-electron chi connectivity index (χ1n) is 6.56. The molecule has 1 heterocycles. The lowest BCUT2D eigenvalue weighted by atomic mass is 10.1. The van der Waals surface area contributed by atoms with Crippen LogP contribution < -0.4 is 10.9 Å². The van der Waals surface area contributed by atoms with E-state index in [2.05, 4.69) is 24.3 Å². The molecule has 0 radical (unpaired) electrons. The molecule has 19 heavy (non-hydrogen) atoms. The molecule has 0 spiro atoms. The fourth-order valence-corrected chi connectivity index (χ4v) is 1.75. The van der Waals surface area contributed by atoms with Crippen LogP contribution in [0.15, 0.2) is 11.0 Å². The summed E-state index contributed by atoms with van der Waals surface area (Å²) < 4.78 is 1.40. The minimum absolute atomic E-state index is 0.220. The first-order valence-corrected chi connectivity index (χ1v) is 6.93. The molecule has 108 valence electrons. The molecule has 0 amide bonds. The van der Waals surface area contributed by atoms with E-state index in [1.165, 1.54) is 4.68 Å². The highest BCUT2D eigenvalue weighted by Gasteiger charge is 2.09. The molecule has 0 fully saturated rings. The molecule has 0 atom stereocenters. The Morgan fingerprint density at radius 1 is 1.47 bits per heavy atom. The summed E-state index contributed by atoms with van der Waals surface area (Å²) in [5.41, 5.74) is 0.381. The van der Waals surface area contributed by atoms with Gasteiger partial charge >= 0.3 is 0 Å². The van der Waals surface area contributed by atoms with Crippen molar-refractivity contribution in [2.24, 2.45) is 5.92 Å². The molecule has 0 aliphatic heterocycles. The second kappa shape index (κ2) is 7.50. The fraction of sp³-hybridized carbons (Fsp3) is 0.692. The predicted molar refractivity (Wildman–Crippen MR) is 80.0 cm³/mol. The Morgan fingerprint density at radius 2 is 2.16 bits per heavy atom. The van der Waals surface area contributed by atoms with E-state index in [0.29, 0.717) is 18.2 Å². The maximum Gasteiger partial charge on any atom is 0.287 e. The summed E-state index contributed by atoms with van der Waals surface area (Å²) in [5.74, 6) is 0.611. The van der Waals surface area contributed by atoms with Gasteiger partial charge in [-0.1, -0.05) is 25.4 Å². The molecule has 1 aromatic heterocycles. The molecule has 0 saturated heterocycles. The maximum atomic E-state index is 12.0. The van der Waals surface area contributed by atoms with Crippen LogP contribution in [-0.4, -0.2) is 41.9 Å². The average molecular weight is 287 g/mol. The van der Waals surface area contributed by atoms with E-state index in [1.54, 1.807) is 6.20 Å². The van der Waals surface area contributed by atoms with E-state index in [9.17, 15) is 4.79 Å². The topological polar surface area (TPSA) is 50.2 Å². The molecule has 0 bridgehead atoms. The Labute approximate surface area is 119 Å². The van der Waals surface area contributed by atoms with Gasteiger partial charge in [0.25, 0.3) is 5.56 Å².